The molecule has 2 rings (SSSR count). The first-order valence-electron chi connectivity index (χ1n) is 6.98. The van der Waals surface area contributed by atoms with Crippen LogP contribution in [0.4, 0.5) is 0 Å². The molecule has 0 saturated carbocycles. The summed E-state index contributed by atoms with van der Waals surface area (Å²) in [6, 6.07) is 8.08. The zero-order chi connectivity index (χ0) is 13.7. The molecule has 0 radical (unpaired) electrons. The highest BCUT2D eigenvalue weighted by Gasteiger charge is 2.22. The molecule has 1 aromatic rings. The van der Waals surface area contributed by atoms with Gasteiger partial charge >= 0.3 is 0 Å². The Kier molecular flexibility index (Phi) is 5.64. The van der Waals surface area contributed by atoms with Crippen LogP contribution in [-0.4, -0.2) is 37.7 Å². The van der Waals surface area contributed by atoms with Crippen LogP contribution in [0.1, 0.15) is 30.9 Å². The molecule has 2 unspecified atom stereocenters. The number of hydrogen-bond donors (Lipinski definition) is 1. The van der Waals surface area contributed by atoms with E-state index < -0.39 is 0 Å². The summed E-state index contributed by atoms with van der Waals surface area (Å²) in [4.78, 5) is 2.26. The minimum Gasteiger partial charge on any atom is -0.377 e. The largest absolute Gasteiger partial charge is 0.377 e. The minimum atomic E-state index is 0.152. The van der Waals surface area contributed by atoms with Crippen molar-refractivity contribution in [3.05, 3.63) is 34.9 Å². The van der Waals surface area contributed by atoms with Crippen LogP contribution in [-0.2, 0) is 4.74 Å². The van der Waals surface area contributed by atoms with Gasteiger partial charge in [0.15, 0.2) is 0 Å². The van der Waals surface area contributed by atoms with Gasteiger partial charge in [-0.15, -0.1) is 0 Å². The number of hydrogen-bond acceptors (Lipinski definition) is 3. The van der Waals surface area contributed by atoms with E-state index in [-0.39, 0.29) is 6.04 Å². The molecular weight excluding hydrogens is 260 g/mol. The quantitative estimate of drug-likeness (QED) is 0.902. The van der Waals surface area contributed by atoms with E-state index in [1.807, 2.05) is 18.2 Å². The molecule has 4 heteroatoms. The maximum Gasteiger partial charge on any atom is 0.0702 e. The molecule has 3 nitrogen and oxygen atoms in total. The summed E-state index contributed by atoms with van der Waals surface area (Å²) in [6.07, 6.45) is 3.92. The first-order valence-corrected chi connectivity index (χ1v) is 7.36. The average Bonchev–Trinajstić information content (AvgIpc) is 2.43. The first kappa shape index (κ1) is 14.8. The molecule has 0 aromatic heterocycles. The zero-order valence-electron chi connectivity index (χ0n) is 11.5. The van der Waals surface area contributed by atoms with E-state index in [9.17, 15) is 0 Å². The summed E-state index contributed by atoms with van der Waals surface area (Å²) in [6.45, 7) is 2.36. The van der Waals surface area contributed by atoms with Gasteiger partial charge in [0.25, 0.3) is 0 Å². The molecule has 0 spiro atoms. The van der Waals surface area contributed by atoms with E-state index in [1.165, 1.54) is 12.8 Å². The highest BCUT2D eigenvalue weighted by atomic mass is 35.5. The summed E-state index contributed by atoms with van der Waals surface area (Å²) in [5.41, 5.74) is 7.04. The van der Waals surface area contributed by atoms with Crippen molar-refractivity contribution in [1.82, 2.24) is 4.90 Å². The number of nitrogens with zero attached hydrogens (tertiary/aromatic N) is 1. The van der Waals surface area contributed by atoms with E-state index in [0.29, 0.717) is 12.6 Å². The number of benzene rings is 1. The Hall–Kier alpha value is -0.610. The number of halogens is 1. The molecule has 0 aliphatic carbocycles. The van der Waals surface area contributed by atoms with Crippen molar-refractivity contribution in [3.63, 3.8) is 0 Å². The fourth-order valence-electron chi connectivity index (χ4n) is 2.69. The van der Waals surface area contributed by atoms with Gasteiger partial charge in [0.05, 0.1) is 6.10 Å². The normalized spacial score (nSPS) is 21.6. The second-order valence-corrected chi connectivity index (χ2v) is 5.61. The second kappa shape index (κ2) is 7.25. The summed E-state index contributed by atoms with van der Waals surface area (Å²) < 4.78 is 5.79. The van der Waals surface area contributed by atoms with Gasteiger partial charge in [0.1, 0.15) is 0 Å². The standard InChI is InChI=1S/C15H23ClN2O/c1-18(11-12-6-4-5-9-19-12)15(10-17)13-7-2-3-8-14(13)16/h2-3,7-8,12,15H,4-6,9-11,17H2,1H3. The molecule has 0 bridgehead atoms. The van der Waals surface area contributed by atoms with Crippen molar-refractivity contribution in [1.29, 1.82) is 0 Å². The number of rotatable bonds is 5. The fraction of sp³-hybridized carbons (Fsp3) is 0.600. The number of ether oxygens (including phenoxy) is 1. The lowest BCUT2D eigenvalue weighted by Gasteiger charge is -2.32. The monoisotopic (exact) mass is 282 g/mol. The Morgan fingerprint density at radius 1 is 1.42 bits per heavy atom. The van der Waals surface area contributed by atoms with Crippen molar-refractivity contribution in [3.8, 4) is 0 Å². The fourth-order valence-corrected chi connectivity index (χ4v) is 2.95. The Bertz CT molecular complexity index is 393. The van der Waals surface area contributed by atoms with Crippen molar-refractivity contribution in [2.75, 3.05) is 26.7 Å². The van der Waals surface area contributed by atoms with Crippen LogP contribution in [0.2, 0.25) is 5.02 Å². The van der Waals surface area contributed by atoms with Crippen molar-refractivity contribution >= 4 is 11.6 Å². The minimum absolute atomic E-state index is 0.152. The molecule has 1 aliphatic heterocycles. The van der Waals surface area contributed by atoms with Crippen molar-refractivity contribution in [2.45, 2.75) is 31.4 Å². The SMILES string of the molecule is CN(CC1CCCCO1)C(CN)c1ccccc1Cl. The predicted molar refractivity (Wildman–Crippen MR) is 79.5 cm³/mol. The van der Waals surface area contributed by atoms with E-state index in [1.54, 1.807) is 0 Å². The Morgan fingerprint density at radius 3 is 2.84 bits per heavy atom. The topological polar surface area (TPSA) is 38.5 Å². The molecule has 2 N–H and O–H groups in total. The van der Waals surface area contributed by atoms with E-state index in [2.05, 4.69) is 18.0 Å². The Labute approximate surface area is 120 Å². The summed E-state index contributed by atoms with van der Waals surface area (Å²) in [5, 5.41) is 0.786. The lowest BCUT2D eigenvalue weighted by molar-refractivity contribution is -0.00777. The molecule has 2 atom stereocenters. The molecule has 1 aromatic carbocycles. The third-order valence-corrected chi connectivity index (χ3v) is 4.13. The van der Waals surface area contributed by atoms with Gasteiger partial charge in [0, 0.05) is 30.8 Å². The maximum atomic E-state index is 6.27. The average molecular weight is 283 g/mol. The van der Waals surface area contributed by atoms with Gasteiger partial charge in [-0.05, 0) is 37.9 Å². The number of nitrogens with two attached hydrogens (primary N) is 1. The van der Waals surface area contributed by atoms with Crippen LogP contribution in [0.3, 0.4) is 0 Å². The Balaban J connectivity index is 2.02. The summed E-state index contributed by atoms with van der Waals surface area (Å²) in [7, 11) is 2.10. The highest BCUT2D eigenvalue weighted by Crippen LogP contribution is 2.27. The van der Waals surface area contributed by atoms with Gasteiger partial charge in [0.2, 0.25) is 0 Å². The number of likely N-dealkylation sites (N-methyl/N-ethyl adjacent to an activating group) is 1. The predicted octanol–water partition coefficient (Wildman–Crippen LogP) is 2.84. The molecule has 1 fully saturated rings. The molecule has 1 saturated heterocycles. The van der Waals surface area contributed by atoms with Crippen LogP contribution >= 0.6 is 11.6 Å². The zero-order valence-corrected chi connectivity index (χ0v) is 12.3. The van der Waals surface area contributed by atoms with E-state index >= 15 is 0 Å². The van der Waals surface area contributed by atoms with E-state index in [0.717, 1.165) is 30.2 Å². The highest BCUT2D eigenvalue weighted by molar-refractivity contribution is 6.31. The third kappa shape index (κ3) is 3.93. The van der Waals surface area contributed by atoms with Crippen LogP contribution in [0.25, 0.3) is 0 Å². The first-order chi connectivity index (χ1) is 9.22. The summed E-state index contributed by atoms with van der Waals surface area (Å²) >= 11 is 6.27. The third-order valence-electron chi connectivity index (χ3n) is 3.79. The molecule has 19 heavy (non-hydrogen) atoms. The van der Waals surface area contributed by atoms with Crippen LogP contribution in [0, 0.1) is 0 Å². The van der Waals surface area contributed by atoms with Gasteiger partial charge < -0.3 is 10.5 Å². The molecule has 1 aliphatic rings. The van der Waals surface area contributed by atoms with Gasteiger partial charge in [-0.2, -0.15) is 0 Å². The van der Waals surface area contributed by atoms with Crippen LogP contribution in [0.15, 0.2) is 24.3 Å². The van der Waals surface area contributed by atoms with Crippen molar-refractivity contribution < 1.29 is 4.74 Å². The smallest absolute Gasteiger partial charge is 0.0702 e. The molecule has 0 amide bonds. The molecule has 1 heterocycles. The molecule has 106 valence electrons. The lowest BCUT2D eigenvalue weighted by Crippen LogP contribution is -2.38. The maximum absolute atomic E-state index is 6.27. The van der Waals surface area contributed by atoms with Crippen molar-refractivity contribution in [2.24, 2.45) is 5.73 Å². The van der Waals surface area contributed by atoms with Gasteiger partial charge in [-0.25, -0.2) is 0 Å². The van der Waals surface area contributed by atoms with Gasteiger partial charge in [-0.3, -0.25) is 4.90 Å². The van der Waals surface area contributed by atoms with E-state index in [4.69, 9.17) is 22.1 Å². The Morgan fingerprint density at radius 2 is 2.21 bits per heavy atom. The lowest BCUT2D eigenvalue weighted by atomic mass is 10.0. The van der Waals surface area contributed by atoms with Crippen LogP contribution < -0.4 is 5.73 Å². The second-order valence-electron chi connectivity index (χ2n) is 5.20. The van der Waals surface area contributed by atoms with Gasteiger partial charge in [-0.1, -0.05) is 29.8 Å². The summed E-state index contributed by atoms with van der Waals surface area (Å²) in [5.74, 6) is 0. The molecular formula is C15H23ClN2O. The van der Waals surface area contributed by atoms with Crippen LogP contribution in [0.5, 0.6) is 0 Å².